The van der Waals surface area contributed by atoms with E-state index in [0.717, 1.165) is 17.3 Å². The molecule has 116 valence electrons. The van der Waals surface area contributed by atoms with Gasteiger partial charge >= 0.3 is 12.0 Å². The number of carbonyl (C=O) groups is 2. The Labute approximate surface area is 135 Å². The number of ether oxygens (including phenoxy) is 1. The van der Waals surface area contributed by atoms with Crippen molar-refractivity contribution in [3.05, 3.63) is 16.9 Å². The predicted octanol–water partition coefficient (Wildman–Crippen LogP) is 0.771. The molecule has 2 unspecified atom stereocenters. The second-order valence-corrected chi connectivity index (χ2v) is 5.97. The summed E-state index contributed by atoms with van der Waals surface area (Å²) in [6, 6.07) is -0.861. The van der Waals surface area contributed by atoms with E-state index in [1.54, 1.807) is 17.3 Å². The van der Waals surface area contributed by atoms with Crippen LogP contribution in [-0.4, -0.2) is 58.3 Å². The number of piperidine rings is 1. The van der Waals surface area contributed by atoms with Gasteiger partial charge in [-0.15, -0.1) is 0 Å². The molecule has 2 atom stereocenters. The van der Waals surface area contributed by atoms with E-state index in [1.807, 2.05) is 0 Å². The molecule has 0 aliphatic carbocycles. The number of amides is 3. The zero-order chi connectivity index (χ0) is 15.5. The van der Waals surface area contributed by atoms with Crippen LogP contribution in [0, 0.1) is 0 Å². The molecule has 22 heavy (non-hydrogen) atoms. The molecule has 1 saturated heterocycles. The van der Waals surface area contributed by atoms with E-state index in [9.17, 15) is 9.59 Å². The first-order chi connectivity index (χ1) is 10.6. The van der Waals surface area contributed by atoms with Crippen LogP contribution in [-0.2, 0) is 4.79 Å². The standard InChI is InChI=1S/C13H14BrN5O3/c14-8-4-16-13(17-5-8)22-9-2-1-3-19(7-9)11(20)10-6-15-12(21)18-10/h4-6,9-10H,1-3,7H2,(H,18,21). The smallest absolute Gasteiger partial charge is 0.341 e. The van der Waals surface area contributed by atoms with Crippen LogP contribution in [0.5, 0.6) is 6.01 Å². The fourth-order valence-electron chi connectivity index (χ4n) is 2.42. The number of aromatic nitrogens is 2. The molecule has 1 aromatic rings. The molecule has 3 heterocycles. The molecule has 0 spiro atoms. The molecule has 1 fully saturated rings. The maximum Gasteiger partial charge on any atom is 0.341 e. The Kier molecular flexibility index (Phi) is 4.32. The number of hydrogen-bond donors (Lipinski definition) is 1. The number of urea groups is 1. The minimum Gasteiger partial charge on any atom is -0.458 e. The number of aliphatic imine (C=N–C) groups is 1. The third-order valence-corrected chi connectivity index (χ3v) is 3.85. The summed E-state index contributed by atoms with van der Waals surface area (Å²) in [7, 11) is 0. The fourth-order valence-corrected chi connectivity index (χ4v) is 2.62. The lowest BCUT2D eigenvalue weighted by molar-refractivity contribution is -0.134. The van der Waals surface area contributed by atoms with Gasteiger partial charge in [-0.3, -0.25) is 4.79 Å². The highest BCUT2D eigenvalue weighted by atomic mass is 79.9. The molecule has 1 aromatic heterocycles. The van der Waals surface area contributed by atoms with Crippen LogP contribution in [0.25, 0.3) is 0 Å². The van der Waals surface area contributed by atoms with Crippen LogP contribution >= 0.6 is 15.9 Å². The van der Waals surface area contributed by atoms with Gasteiger partial charge in [0.15, 0.2) is 0 Å². The van der Waals surface area contributed by atoms with E-state index < -0.39 is 12.1 Å². The van der Waals surface area contributed by atoms with Gasteiger partial charge in [0.1, 0.15) is 12.1 Å². The SMILES string of the molecule is O=C1N=CC(C(=O)N2CCCC(Oc3ncc(Br)cn3)C2)N1. The Balaban J connectivity index is 1.59. The lowest BCUT2D eigenvalue weighted by Crippen LogP contribution is -2.51. The first-order valence-corrected chi connectivity index (χ1v) is 7.69. The van der Waals surface area contributed by atoms with Gasteiger partial charge in [0.2, 0.25) is 0 Å². The topological polar surface area (TPSA) is 96.8 Å². The summed E-state index contributed by atoms with van der Waals surface area (Å²) >= 11 is 3.26. The van der Waals surface area contributed by atoms with Crippen molar-refractivity contribution < 1.29 is 14.3 Å². The summed E-state index contributed by atoms with van der Waals surface area (Å²) < 4.78 is 6.49. The molecule has 2 aliphatic rings. The lowest BCUT2D eigenvalue weighted by Gasteiger charge is -2.33. The van der Waals surface area contributed by atoms with Crippen molar-refractivity contribution in [3.63, 3.8) is 0 Å². The minimum absolute atomic E-state index is 0.159. The predicted molar refractivity (Wildman–Crippen MR) is 80.8 cm³/mol. The Hall–Kier alpha value is -2.03. The monoisotopic (exact) mass is 367 g/mol. The van der Waals surface area contributed by atoms with Crippen molar-refractivity contribution in [2.75, 3.05) is 13.1 Å². The first-order valence-electron chi connectivity index (χ1n) is 6.89. The molecule has 3 rings (SSSR count). The molecule has 2 aliphatic heterocycles. The second-order valence-electron chi connectivity index (χ2n) is 5.06. The third kappa shape index (κ3) is 3.41. The number of nitrogens with zero attached hydrogens (tertiary/aromatic N) is 4. The summed E-state index contributed by atoms with van der Waals surface area (Å²) in [6.07, 6.45) is 6.05. The van der Waals surface area contributed by atoms with Crippen molar-refractivity contribution in [1.82, 2.24) is 20.2 Å². The largest absolute Gasteiger partial charge is 0.458 e. The molecule has 8 nitrogen and oxygen atoms in total. The van der Waals surface area contributed by atoms with Gasteiger partial charge in [-0.2, -0.15) is 0 Å². The lowest BCUT2D eigenvalue weighted by atomic mass is 10.1. The molecule has 0 saturated carbocycles. The Bertz CT molecular complexity index is 606. The highest BCUT2D eigenvalue weighted by Crippen LogP contribution is 2.17. The average Bonchev–Trinajstić information content (AvgIpc) is 2.96. The highest BCUT2D eigenvalue weighted by molar-refractivity contribution is 9.10. The summed E-state index contributed by atoms with van der Waals surface area (Å²) in [5.74, 6) is -0.167. The zero-order valence-corrected chi connectivity index (χ0v) is 13.2. The first kappa shape index (κ1) is 14.9. The van der Waals surface area contributed by atoms with Crippen LogP contribution in [0.2, 0.25) is 0 Å². The Morgan fingerprint density at radius 3 is 2.86 bits per heavy atom. The van der Waals surface area contributed by atoms with Crippen LogP contribution in [0.15, 0.2) is 21.9 Å². The molecular weight excluding hydrogens is 354 g/mol. The second kappa shape index (κ2) is 6.39. The van der Waals surface area contributed by atoms with Crippen LogP contribution in [0.3, 0.4) is 0 Å². The van der Waals surface area contributed by atoms with E-state index in [4.69, 9.17) is 4.74 Å². The summed E-state index contributed by atoms with van der Waals surface area (Å²) in [5, 5.41) is 2.50. The van der Waals surface area contributed by atoms with Crippen LogP contribution in [0.4, 0.5) is 4.79 Å². The number of halogens is 1. The van der Waals surface area contributed by atoms with Crippen LogP contribution in [0.1, 0.15) is 12.8 Å². The van der Waals surface area contributed by atoms with Crippen LogP contribution < -0.4 is 10.1 Å². The van der Waals surface area contributed by atoms with Gasteiger partial charge in [0.05, 0.1) is 11.0 Å². The number of nitrogens with one attached hydrogen (secondary N) is 1. The van der Waals surface area contributed by atoms with Gasteiger partial charge in [-0.05, 0) is 28.8 Å². The number of likely N-dealkylation sites (tertiary alicyclic amines) is 1. The number of hydrogen-bond acceptors (Lipinski definition) is 5. The molecule has 3 amide bonds. The van der Waals surface area contributed by atoms with E-state index in [1.165, 1.54) is 6.21 Å². The number of carbonyl (C=O) groups excluding carboxylic acids is 2. The quantitative estimate of drug-likeness (QED) is 0.850. The van der Waals surface area contributed by atoms with E-state index in [0.29, 0.717) is 19.1 Å². The molecule has 9 heteroatoms. The summed E-state index contributed by atoms with van der Waals surface area (Å²) in [4.78, 5) is 36.7. The molecule has 0 aromatic carbocycles. The highest BCUT2D eigenvalue weighted by Gasteiger charge is 2.32. The van der Waals surface area contributed by atoms with Crippen molar-refractivity contribution >= 4 is 34.1 Å². The van der Waals surface area contributed by atoms with Gasteiger partial charge in [0, 0.05) is 25.2 Å². The van der Waals surface area contributed by atoms with Crippen molar-refractivity contribution in [1.29, 1.82) is 0 Å². The van der Waals surface area contributed by atoms with E-state index in [-0.39, 0.29) is 12.0 Å². The van der Waals surface area contributed by atoms with Gasteiger partial charge in [0.25, 0.3) is 5.91 Å². The maximum absolute atomic E-state index is 12.3. The average molecular weight is 368 g/mol. The van der Waals surface area contributed by atoms with Gasteiger partial charge in [-0.1, -0.05) is 0 Å². The molecule has 1 N–H and O–H groups in total. The Morgan fingerprint density at radius 1 is 1.41 bits per heavy atom. The maximum atomic E-state index is 12.3. The van der Waals surface area contributed by atoms with E-state index in [2.05, 4.69) is 36.2 Å². The molecule has 0 bridgehead atoms. The fraction of sp³-hybridized carbons (Fsp3) is 0.462. The molecular formula is C13H14BrN5O3. The zero-order valence-electron chi connectivity index (χ0n) is 11.6. The van der Waals surface area contributed by atoms with E-state index >= 15 is 0 Å². The van der Waals surface area contributed by atoms with Gasteiger partial charge < -0.3 is 15.0 Å². The number of rotatable bonds is 3. The van der Waals surface area contributed by atoms with Crippen molar-refractivity contribution in [2.24, 2.45) is 4.99 Å². The van der Waals surface area contributed by atoms with Gasteiger partial charge in [-0.25, -0.2) is 19.8 Å². The summed E-state index contributed by atoms with van der Waals surface area (Å²) in [5.41, 5.74) is 0. The third-order valence-electron chi connectivity index (χ3n) is 3.44. The molecule has 0 radical (unpaired) electrons. The van der Waals surface area contributed by atoms with Crippen molar-refractivity contribution in [2.45, 2.75) is 25.0 Å². The Morgan fingerprint density at radius 2 is 2.18 bits per heavy atom. The normalized spacial score (nSPS) is 24.2. The van der Waals surface area contributed by atoms with Crippen molar-refractivity contribution in [3.8, 4) is 6.01 Å². The summed E-state index contributed by atoms with van der Waals surface area (Å²) in [6.45, 7) is 1.08. The minimum atomic E-state index is -0.671.